The number of nitrogens with one attached hydrogen (secondary N) is 1. The van der Waals surface area contributed by atoms with Gasteiger partial charge in [0.15, 0.2) is 5.75 Å². The lowest BCUT2D eigenvalue weighted by atomic mass is 9.98. The van der Waals surface area contributed by atoms with Gasteiger partial charge in [-0.15, -0.1) is 0 Å². The topological polar surface area (TPSA) is 39.1 Å². The predicted molar refractivity (Wildman–Crippen MR) is 73.1 cm³/mol. The third-order valence-electron chi connectivity index (χ3n) is 3.76. The van der Waals surface area contributed by atoms with E-state index in [4.69, 9.17) is 4.74 Å². The van der Waals surface area contributed by atoms with E-state index in [1.54, 1.807) is 7.11 Å². The quantitative estimate of drug-likeness (QED) is 0.809. The van der Waals surface area contributed by atoms with E-state index in [1.165, 1.54) is 18.5 Å². The van der Waals surface area contributed by atoms with Gasteiger partial charge in [0, 0.05) is 24.5 Å². The van der Waals surface area contributed by atoms with Crippen LogP contribution < -0.4 is 10.1 Å². The van der Waals surface area contributed by atoms with Crippen molar-refractivity contribution in [2.75, 3.05) is 7.11 Å². The summed E-state index contributed by atoms with van der Waals surface area (Å²) >= 11 is 0. The molecule has 2 rings (SSSR count). The zero-order chi connectivity index (χ0) is 13.1. The van der Waals surface area contributed by atoms with Crippen molar-refractivity contribution in [2.24, 2.45) is 0 Å². The van der Waals surface area contributed by atoms with Crippen LogP contribution in [0.25, 0.3) is 0 Å². The summed E-state index contributed by atoms with van der Waals surface area (Å²) in [7, 11) is 1.72. The van der Waals surface area contributed by atoms with Gasteiger partial charge in [0.2, 0.25) is 0 Å². The van der Waals surface area contributed by atoms with Gasteiger partial charge >= 0.3 is 0 Å². The zero-order valence-electron chi connectivity index (χ0n) is 11.9. The molecule has 0 spiro atoms. The molecule has 1 aromatic heterocycles. The van der Waals surface area contributed by atoms with Crippen LogP contribution in [0.5, 0.6) is 5.75 Å². The van der Waals surface area contributed by atoms with Crippen molar-refractivity contribution in [1.29, 1.82) is 0 Å². The van der Waals surface area contributed by atoms with Crippen molar-refractivity contribution >= 4 is 0 Å². The normalized spacial score (nSPS) is 18.7. The van der Waals surface area contributed by atoms with Gasteiger partial charge in [-0.3, -0.25) is 4.68 Å². The van der Waals surface area contributed by atoms with Gasteiger partial charge < -0.3 is 10.1 Å². The minimum Gasteiger partial charge on any atom is -0.493 e. The van der Waals surface area contributed by atoms with E-state index in [-0.39, 0.29) is 0 Å². The largest absolute Gasteiger partial charge is 0.493 e. The van der Waals surface area contributed by atoms with Crippen LogP contribution in [0.2, 0.25) is 0 Å². The standard InChI is InChI=1S/C14H25N3O/c1-5-8-17-14(13(18-4)9-15-17)10(2)11(3)16-12-6-7-12/h9-12,16H,5-8H2,1-4H3. The fraction of sp³-hybridized carbons (Fsp3) is 0.786. The minimum absolute atomic E-state index is 0.412. The summed E-state index contributed by atoms with van der Waals surface area (Å²) in [5, 5.41) is 8.10. The monoisotopic (exact) mass is 251 g/mol. The van der Waals surface area contributed by atoms with E-state index in [0.717, 1.165) is 24.8 Å². The molecule has 1 fully saturated rings. The molecule has 1 aromatic rings. The summed E-state index contributed by atoms with van der Waals surface area (Å²) in [6.07, 6.45) is 5.57. The third kappa shape index (κ3) is 2.86. The van der Waals surface area contributed by atoms with Gasteiger partial charge in [0.05, 0.1) is 19.0 Å². The number of aryl methyl sites for hydroxylation is 1. The summed E-state index contributed by atoms with van der Waals surface area (Å²) in [5.74, 6) is 1.33. The zero-order valence-corrected chi connectivity index (χ0v) is 11.9. The molecule has 1 aliphatic rings. The third-order valence-corrected chi connectivity index (χ3v) is 3.76. The molecule has 102 valence electrons. The Hall–Kier alpha value is -1.03. The summed E-state index contributed by atoms with van der Waals surface area (Å²) in [6.45, 7) is 7.64. The van der Waals surface area contributed by atoms with Gasteiger partial charge in [-0.05, 0) is 26.2 Å². The van der Waals surface area contributed by atoms with Crippen LogP contribution in [-0.2, 0) is 6.54 Å². The van der Waals surface area contributed by atoms with E-state index in [9.17, 15) is 0 Å². The number of aromatic nitrogens is 2. The summed E-state index contributed by atoms with van der Waals surface area (Å²) in [4.78, 5) is 0. The first-order chi connectivity index (χ1) is 8.67. The Morgan fingerprint density at radius 1 is 1.50 bits per heavy atom. The van der Waals surface area contributed by atoms with Gasteiger partial charge in [0.1, 0.15) is 0 Å². The number of hydrogen-bond acceptors (Lipinski definition) is 3. The van der Waals surface area contributed by atoms with E-state index in [0.29, 0.717) is 12.0 Å². The Balaban J connectivity index is 2.14. The van der Waals surface area contributed by atoms with Crippen molar-refractivity contribution < 1.29 is 4.74 Å². The second-order valence-corrected chi connectivity index (χ2v) is 5.34. The molecule has 0 aliphatic heterocycles. The van der Waals surface area contributed by atoms with Crippen LogP contribution >= 0.6 is 0 Å². The Labute approximate surface area is 110 Å². The van der Waals surface area contributed by atoms with Crippen LogP contribution in [0, 0.1) is 0 Å². The summed E-state index contributed by atoms with van der Waals surface area (Å²) in [6, 6.07) is 1.19. The van der Waals surface area contributed by atoms with Crippen LogP contribution in [-0.4, -0.2) is 29.0 Å². The molecule has 2 unspecified atom stereocenters. The molecule has 1 saturated carbocycles. The average molecular weight is 251 g/mol. The first-order valence-electron chi connectivity index (χ1n) is 7.03. The van der Waals surface area contributed by atoms with Gasteiger partial charge in [-0.1, -0.05) is 13.8 Å². The molecule has 4 nitrogen and oxygen atoms in total. The van der Waals surface area contributed by atoms with E-state index in [2.05, 4.69) is 35.9 Å². The predicted octanol–water partition coefficient (Wildman–Crippen LogP) is 2.55. The van der Waals surface area contributed by atoms with Crippen molar-refractivity contribution in [3.05, 3.63) is 11.9 Å². The molecule has 18 heavy (non-hydrogen) atoms. The second-order valence-electron chi connectivity index (χ2n) is 5.34. The lowest BCUT2D eigenvalue weighted by Gasteiger charge is -2.23. The van der Waals surface area contributed by atoms with Crippen LogP contribution in [0.15, 0.2) is 6.20 Å². The minimum atomic E-state index is 0.412. The highest BCUT2D eigenvalue weighted by molar-refractivity contribution is 5.29. The van der Waals surface area contributed by atoms with Crippen molar-refractivity contribution in [3.8, 4) is 5.75 Å². The highest BCUT2D eigenvalue weighted by Crippen LogP contribution is 2.30. The van der Waals surface area contributed by atoms with Crippen LogP contribution in [0.1, 0.15) is 51.6 Å². The first-order valence-corrected chi connectivity index (χ1v) is 7.03. The first kappa shape index (κ1) is 13.4. The maximum atomic E-state index is 5.45. The fourth-order valence-corrected chi connectivity index (χ4v) is 2.39. The average Bonchev–Trinajstić information content (AvgIpc) is 3.07. The number of methoxy groups -OCH3 is 1. The summed E-state index contributed by atoms with van der Waals surface area (Å²) in [5.41, 5.74) is 1.22. The lowest BCUT2D eigenvalue weighted by Crippen LogP contribution is -2.33. The number of rotatable bonds is 7. The smallest absolute Gasteiger partial charge is 0.160 e. The highest BCUT2D eigenvalue weighted by Gasteiger charge is 2.28. The van der Waals surface area contributed by atoms with E-state index >= 15 is 0 Å². The van der Waals surface area contributed by atoms with Crippen molar-refractivity contribution in [2.45, 2.75) is 64.6 Å². The molecule has 0 amide bonds. The maximum Gasteiger partial charge on any atom is 0.160 e. The van der Waals surface area contributed by atoms with Crippen LogP contribution in [0.3, 0.4) is 0 Å². The molecule has 2 atom stereocenters. The molecule has 0 bridgehead atoms. The summed E-state index contributed by atoms with van der Waals surface area (Å²) < 4.78 is 7.54. The van der Waals surface area contributed by atoms with Crippen LogP contribution in [0.4, 0.5) is 0 Å². The van der Waals surface area contributed by atoms with Gasteiger partial charge in [0.25, 0.3) is 0 Å². The molecule has 1 N–H and O–H groups in total. The number of hydrogen-bond donors (Lipinski definition) is 1. The Kier molecular flexibility index (Phi) is 4.27. The molecule has 0 saturated heterocycles. The molecule has 0 radical (unpaired) electrons. The molecule has 1 aliphatic carbocycles. The highest BCUT2D eigenvalue weighted by atomic mass is 16.5. The Morgan fingerprint density at radius 3 is 2.78 bits per heavy atom. The SMILES string of the molecule is CCCn1ncc(OC)c1C(C)C(C)NC1CC1. The molecule has 4 heteroatoms. The Bertz CT molecular complexity index is 384. The van der Waals surface area contributed by atoms with E-state index in [1.807, 2.05) is 6.20 Å². The van der Waals surface area contributed by atoms with Gasteiger partial charge in [-0.25, -0.2) is 0 Å². The van der Waals surface area contributed by atoms with E-state index < -0.39 is 0 Å². The second kappa shape index (κ2) is 5.74. The fourth-order valence-electron chi connectivity index (χ4n) is 2.39. The number of nitrogens with zero attached hydrogens (tertiary/aromatic N) is 2. The lowest BCUT2D eigenvalue weighted by molar-refractivity contribution is 0.386. The molecular weight excluding hydrogens is 226 g/mol. The molecule has 0 aromatic carbocycles. The molecular formula is C14H25N3O. The van der Waals surface area contributed by atoms with Gasteiger partial charge in [-0.2, -0.15) is 5.10 Å². The maximum absolute atomic E-state index is 5.45. The van der Waals surface area contributed by atoms with Crippen molar-refractivity contribution in [3.63, 3.8) is 0 Å². The van der Waals surface area contributed by atoms with Crippen molar-refractivity contribution in [1.82, 2.24) is 15.1 Å². The number of ether oxygens (including phenoxy) is 1. The Morgan fingerprint density at radius 2 is 2.22 bits per heavy atom. The molecule has 1 heterocycles.